The van der Waals surface area contributed by atoms with Crippen molar-refractivity contribution in [2.45, 2.75) is 132 Å². The Morgan fingerprint density at radius 1 is 0.659 bits per heavy atom. The maximum atomic E-state index is 12.0. The first-order chi connectivity index (χ1) is 19.8. The fourth-order valence-corrected chi connectivity index (χ4v) is 4.48. The number of carboxylic acids is 1. The number of carbonyl (C=O) groups is 2. The van der Waals surface area contributed by atoms with Crippen LogP contribution in [-0.2, 0) is 35.5 Å². The fraction of sp³-hybridized carbons (Fsp3) is 0.611. The van der Waals surface area contributed by atoms with Crippen molar-refractivity contribution in [2.24, 2.45) is 17.6 Å². The molecule has 5 nitrogen and oxygen atoms in total. The number of amides is 1. The molecule has 0 aliphatic heterocycles. The van der Waals surface area contributed by atoms with E-state index in [0.29, 0.717) is 13.1 Å². The van der Waals surface area contributed by atoms with Gasteiger partial charge in [0, 0.05) is 19.0 Å². The number of nitrogens with two attached hydrogens (primary N) is 1. The zero-order chi connectivity index (χ0) is 30.9. The van der Waals surface area contributed by atoms with Crippen molar-refractivity contribution < 1.29 is 14.7 Å². The van der Waals surface area contributed by atoms with Crippen LogP contribution in [0, 0.1) is 11.8 Å². The number of benzene rings is 2. The Bertz CT molecular complexity index is 878. The Kier molecular flexibility index (Phi) is 23.5. The highest BCUT2D eigenvalue weighted by Crippen LogP contribution is 2.12. The molecule has 2 aromatic rings. The van der Waals surface area contributed by atoms with Crippen LogP contribution in [0.5, 0.6) is 0 Å². The summed E-state index contributed by atoms with van der Waals surface area (Å²) in [6.07, 6.45) is 13.7. The van der Waals surface area contributed by atoms with Gasteiger partial charge < -0.3 is 16.2 Å². The van der Waals surface area contributed by atoms with Gasteiger partial charge >= 0.3 is 5.97 Å². The summed E-state index contributed by atoms with van der Waals surface area (Å²) in [4.78, 5) is 22.1. The first-order valence-electron chi connectivity index (χ1n) is 16.2. The molecular formula is C36H60N2O3. The molecular weight excluding hydrogens is 508 g/mol. The molecule has 4 N–H and O–H groups in total. The van der Waals surface area contributed by atoms with E-state index in [1.54, 1.807) is 0 Å². The molecule has 0 unspecified atom stereocenters. The maximum Gasteiger partial charge on any atom is 0.306 e. The molecule has 0 radical (unpaired) electrons. The van der Waals surface area contributed by atoms with E-state index in [9.17, 15) is 9.59 Å². The second-order valence-electron chi connectivity index (χ2n) is 10.8. The molecule has 0 aliphatic carbocycles. The van der Waals surface area contributed by atoms with Crippen molar-refractivity contribution in [3.8, 4) is 0 Å². The van der Waals surface area contributed by atoms with Gasteiger partial charge in [0.15, 0.2) is 0 Å². The van der Waals surface area contributed by atoms with Gasteiger partial charge in [0.1, 0.15) is 0 Å². The summed E-state index contributed by atoms with van der Waals surface area (Å²) < 4.78 is 0. The lowest BCUT2D eigenvalue weighted by Gasteiger charge is -2.13. The molecule has 0 spiro atoms. The molecule has 0 heterocycles. The summed E-state index contributed by atoms with van der Waals surface area (Å²) in [6, 6.07) is 17.1. The molecule has 0 aliphatic rings. The van der Waals surface area contributed by atoms with E-state index in [4.69, 9.17) is 10.8 Å². The van der Waals surface area contributed by atoms with Crippen molar-refractivity contribution in [1.29, 1.82) is 0 Å². The van der Waals surface area contributed by atoms with Crippen LogP contribution in [0.1, 0.15) is 128 Å². The van der Waals surface area contributed by atoms with Gasteiger partial charge in [-0.2, -0.15) is 0 Å². The van der Waals surface area contributed by atoms with Crippen molar-refractivity contribution >= 4 is 11.9 Å². The van der Waals surface area contributed by atoms with Gasteiger partial charge in [0.25, 0.3) is 0 Å². The molecule has 0 aromatic heterocycles. The predicted octanol–water partition coefficient (Wildman–Crippen LogP) is 8.86. The van der Waals surface area contributed by atoms with Gasteiger partial charge in [-0.1, -0.05) is 122 Å². The molecule has 0 saturated carbocycles. The average molecular weight is 569 g/mol. The molecule has 1 amide bonds. The average Bonchev–Trinajstić information content (AvgIpc) is 3.00. The van der Waals surface area contributed by atoms with Crippen LogP contribution in [-0.4, -0.2) is 17.0 Å². The van der Waals surface area contributed by atoms with Gasteiger partial charge in [-0.05, 0) is 67.2 Å². The van der Waals surface area contributed by atoms with Crippen LogP contribution in [0.4, 0.5) is 0 Å². The SMILES string of the molecule is CCC(CC)C(=O)O.CCCCCCCCc1ccc(CNC(=O)C(CC)CC)cc1.CCc1ccc(CN)cc1. The number of rotatable bonds is 17. The first kappa shape index (κ1) is 38.3. The highest BCUT2D eigenvalue weighted by Gasteiger charge is 2.13. The van der Waals surface area contributed by atoms with Gasteiger partial charge in [-0.3, -0.25) is 9.59 Å². The minimum absolute atomic E-state index is 0.130. The third-order valence-electron chi connectivity index (χ3n) is 7.67. The van der Waals surface area contributed by atoms with Crippen LogP contribution in [0.25, 0.3) is 0 Å². The molecule has 0 atom stereocenters. The summed E-state index contributed by atoms with van der Waals surface area (Å²) in [6.45, 7) is 13.6. The Morgan fingerprint density at radius 2 is 1.12 bits per heavy atom. The van der Waals surface area contributed by atoms with E-state index in [1.807, 2.05) is 13.8 Å². The Morgan fingerprint density at radius 3 is 1.56 bits per heavy atom. The van der Waals surface area contributed by atoms with E-state index in [1.165, 1.54) is 67.2 Å². The first-order valence-corrected chi connectivity index (χ1v) is 16.2. The van der Waals surface area contributed by atoms with E-state index in [0.717, 1.165) is 32.1 Å². The third kappa shape index (κ3) is 18.4. The summed E-state index contributed by atoms with van der Waals surface area (Å²) in [5.41, 5.74) is 10.6. The van der Waals surface area contributed by atoms with Gasteiger partial charge in [0.2, 0.25) is 5.91 Å². The van der Waals surface area contributed by atoms with Crippen LogP contribution in [0.15, 0.2) is 48.5 Å². The second kappa shape index (κ2) is 25.1. The van der Waals surface area contributed by atoms with E-state index >= 15 is 0 Å². The van der Waals surface area contributed by atoms with E-state index < -0.39 is 5.97 Å². The van der Waals surface area contributed by atoms with Crippen molar-refractivity contribution in [2.75, 3.05) is 0 Å². The minimum atomic E-state index is -0.671. The van der Waals surface area contributed by atoms with Gasteiger partial charge in [-0.15, -0.1) is 0 Å². The smallest absolute Gasteiger partial charge is 0.306 e. The zero-order valence-corrected chi connectivity index (χ0v) is 27.0. The summed E-state index contributed by atoms with van der Waals surface area (Å²) in [5.74, 6) is -0.460. The van der Waals surface area contributed by atoms with Gasteiger partial charge in [0.05, 0.1) is 5.92 Å². The molecule has 0 saturated heterocycles. The van der Waals surface area contributed by atoms with Crippen LogP contribution >= 0.6 is 0 Å². The van der Waals surface area contributed by atoms with Crippen LogP contribution < -0.4 is 11.1 Å². The highest BCUT2D eigenvalue weighted by molar-refractivity contribution is 5.78. The van der Waals surface area contributed by atoms with Crippen LogP contribution in [0.2, 0.25) is 0 Å². The summed E-state index contributed by atoms with van der Waals surface area (Å²) in [7, 11) is 0. The zero-order valence-electron chi connectivity index (χ0n) is 27.0. The van der Waals surface area contributed by atoms with E-state index in [2.05, 4.69) is 81.5 Å². The molecule has 41 heavy (non-hydrogen) atoms. The monoisotopic (exact) mass is 568 g/mol. The lowest BCUT2D eigenvalue weighted by atomic mass is 10.0. The van der Waals surface area contributed by atoms with Crippen molar-refractivity contribution in [1.82, 2.24) is 5.32 Å². The lowest BCUT2D eigenvalue weighted by molar-refractivity contribution is -0.141. The summed E-state index contributed by atoms with van der Waals surface area (Å²) in [5, 5.41) is 11.4. The standard InChI is InChI=1S/C21H35NO.C9H13N.C6H12O2/c1-4-7-8-9-10-11-12-18-13-15-19(16-14-18)17-22-21(23)20(5-2)6-3;1-2-8-3-5-9(7-10)6-4-8;1-3-5(4-2)6(7)8/h13-16,20H,4-12,17H2,1-3H3,(H,22,23);3-6H,2,7,10H2,1H3;5H,3-4H2,1-2H3,(H,7,8). The number of hydrogen-bond donors (Lipinski definition) is 3. The largest absolute Gasteiger partial charge is 0.481 e. The summed E-state index contributed by atoms with van der Waals surface area (Å²) >= 11 is 0. The molecule has 5 heteroatoms. The Balaban J connectivity index is 0.000000725. The van der Waals surface area contributed by atoms with Crippen molar-refractivity contribution in [3.05, 3.63) is 70.8 Å². The Hall–Kier alpha value is -2.66. The third-order valence-corrected chi connectivity index (χ3v) is 7.67. The number of aryl methyl sites for hydroxylation is 2. The lowest BCUT2D eigenvalue weighted by Crippen LogP contribution is -2.29. The number of carboxylic acid groups (broad SMARTS) is 1. The number of nitrogens with one attached hydrogen (secondary N) is 1. The molecule has 232 valence electrons. The normalized spacial score (nSPS) is 10.5. The van der Waals surface area contributed by atoms with Gasteiger partial charge in [-0.25, -0.2) is 0 Å². The quantitative estimate of drug-likeness (QED) is 0.166. The number of unbranched alkanes of at least 4 members (excludes halogenated alkanes) is 5. The molecule has 2 rings (SSSR count). The maximum absolute atomic E-state index is 12.0. The molecule has 0 fully saturated rings. The highest BCUT2D eigenvalue weighted by atomic mass is 16.4. The topological polar surface area (TPSA) is 92.4 Å². The van der Waals surface area contributed by atoms with E-state index in [-0.39, 0.29) is 17.7 Å². The second-order valence-corrected chi connectivity index (χ2v) is 10.8. The van der Waals surface area contributed by atoms with Crippen LogP contribution in [0.3, 0.4) is 0 Å². The number of aliphatic carboxylic acids is 1. The predicted molar refractivity (Wildman–Crippen MR) is 175 cm³/mol. The number of hydrogen-bond acceptors (Lipinski definition) is 3. The van der Waals surface area contributed by atoms with Crippen molar-refractivity contribution in [3.63, 3.8) is 0 Å². The molecule has 2 aromatic carbocycles. The molecule has 0 bridgehead atoms. The minimum Gasteiger partial charge on any atom is -0.481 e. The Labute approximate surface area is 251 Å². The fourth-order valence-electron chi connectivity index (χ4n) is 4.48. The number of carbonyl (C=O) groups excluding carboxylic acids is 1.